The first kappa shape index (κ1) is 26.8. The van der Waals surface area contributed by atoms with Gasteiger partial charge in [0.05, 0.1) is 19.6 Å². The molecule has 30 heavy (non-hydrogen) atoms. The highest BCUT2D eigenvalue weighted by Gasteiger charge is 2.23. The molecule has 0 spiro atoms. The van der Waals surface area contributed by atoms with Gasteiger partial charge in [-0.25, -0.2) is 0 Å². The molecule has 0 aromatic heterocycles. The monoisotopic (exact) mass is 430 g/mol. The Hall–Kier alpha value is -3.22. The summed E-state index contributed by atoms with van der Waals surface area (Å²) in [6.45, 7) is 3.34. The number of rotatable bonds is 13. The largest absolute Gasteiger partial charge is 0.480 e. The van der Waals surface area contributed by atoms with Crippen LogP contribution in [0.2, 0.25) is 0 Å². The lowest BCUT2D eigenvalue weighted by atomic mass is 10.0. The number of carbonyl (C=O) groups excluding carboxylic acids is 5. The van der Waals surface area contributed by atoms with E-state index < -0.39 is 67.2 Å². The molecule has 5 amide bonds. The molecular weight excluding hydrogens is 400 g/mol. The Morgan fingerprint density at radius 2 is 1.33 bits per heavy atom. The van der Waals surface area contributed by atoms with E-state index in [0.29, 0.717) is 0 Å². The minimum atomic E-state index is -1.22. The molecule has 0 aromatic carbocycles. The molecule has 0 fully saturated rings. The molecule has 8 N–H and O–H groups in total. The second-order valence-electron chi connectivity index (χ2n) is 6.85. The number of nitrogens with one attached hydrogen (secondary N) is 5. The fraction of sp³-hybridized carbons (Fsp3) is 0.647. The molecule has 0 saturated carbocycles. The number of nitrogens with two attached hydrogens (primary N) is 1. The van der Waals surface area contributed by atoms with E-state index in [1.54, 1.807) is 0 Å². The summed E-state index contributed by atoms with van der Waals surface area (Å²) in [4.78, 5) is 69.3. The lowest BCUT2D eigenvalue weighted by molar-refractivity contribution is -0.138. The van der Waals surface area contributed by atoms with E-state index in [2.05, 4.69) is 26.6 Å². The van der Waals surface area contributed by atoms with Gasteiger partial charge in [0.1, 0.15) is 18.6 Å². The number of aliphatic carboxylic acids is 1. The fourth-order valence-electron chi connectivity index (χ4n) is 2.16. The number of amides is 5. The highest BCUT2D eigenvalue weighted by molar-refractivity contribution is 5.93. The van der Waals surface area contributed by atoms with Crippen LogP contribution in [0, 0.1) is 5.92 Å². The minimum absolute atomic E-state index is 0.0305. The van der Waals surface area contributed by atoms with Gasteiger partial charge < -0.3 is 37.4 Å². The molecule has 13 heteroatoms. The summed E-state index contributed by atoms with van der Waals surface area (Å²) in [5.41, 5.74) is 5.14. The third kappa shape index (κ3) is 12.3. The van der Waals surface area contributed by atoms with Gasteiger partial charge in [-0.05, 0) is 19.3 Å². The van der Waals surface area contributed by atoms with Crippen molar-refractivity contribution in [3.63, 3.8) is 0 Å². The maximum Gasteiger partial charge on any atom is 0.322 e. The molecule has 0 aliphatic carbocycles. The van der Waals surface area contributed by atoms with Gasteiger partial charge in [-0.15, -0.1) is 0 Å². The van der Waals surface area contributed by atoms with Crippen LogP contribution in [0.5, 0.6) is 0 Å². The van der Waals surface area contributed by atoms with Crippen molar-refractivity contribution < 1.29 is 33.9 Å². The zero-order valence-electron chi connectivity index (χ0n) is 17.2. The van der Waals surface area contributed by atoms with E-state index in [-0.39, 0.29) is 18.9 Å². The zero-order chi connectivity index (χ0) is 23.3. The zero-order valence-corrected chi connectivity index (χ0v) is 17.2. The van der Waals surface area contributed by atoms with E-state index in [1.807, 2.05) is 13.8 Å². The molecule has 0 saturated heterocycles. The summed E-state index contributed by atoms with van der Waals surface area (Å²) < 4.78 is 0. The Morgan fingerprint density at radius 3 is 1.87 bits per heavy atom. The first-order chi connectivity index (χ1) is 14.0. The van der Waals surface area contributed by atoms with Crippen LogP contribution in [0.1, 0.15) is 27.2 Å². The smallest absolute Gasteiger partial charge is 0.322 e. The first-order valence-electron chi connectivity index (χ1n) is 9.28. The molecule has 0 bridgehead atoms. The van der Waals surface area contributed by atoms with Crippen molar-refractivity contribution in [2.24, 2.45) is 11.7 Å². The van der Waals surface area contributed by atoms with Gasteiger partial charge >= 0.3 is 5.97 Å². The fourth-order valence-corrected chi connectivity index (χ4v) is 2.16. The van der Waals surface area contributed by atoms with Crippen molar-refractivity contribution in [1.29, 1.82) is 0 Å². The topological polar surface area (TPSA) is 209 Å². The minimum Gasteiger partial charge on any atom is -0.480 e. The molecule has 0 radical (unpaired) electrons. The molecule has 2 atom stereocenters. The van der Waals surface area contributed by atoms with Gasteiger partial charge in [0, 0.05) is 0 Å². The number of hydrogen-bond acceptors (Lipinski definition) is 7. The van der Waals surface area contributed by atoms with E-state index in [1.165, 1.54) is 6.92 Å². The van der Waals surface area contributed by atoms with E-state index >= 15 is 0 Å². The van der Waals surface area contributed by atoms with Crippen molar-refractivity contribution >= 4 is 35.5 Å². The Labute approximate surface area is 173 Å². The van der Waals surface area contributed by atoms with Crippen molar-refractivity contribution in [2.75, 3.05) is 26.2 Å². The highest BCUT2D eigenvalue weighted by Crippen LogP contribution is 2.05. The number of carboxylic acids is 1. The second-order valence-corrected chi connectivity index (χ2v) is 6.85. The molecule has 0 heterocycles. The van der Waals surface area contributed by atoms with Crippen LogP contribution < -0.4 is 32.3 Å². The van der Waals surface area contributed by atoms with Crippen molar-refractivity contribution in [3.8, 4) is 0 Å². The average Bonchev–Trinajstić information content (AvgIpc) is 2.67. The predicted molar refractivity (Wildman–Crippen MR) is 105 cm³/mol. The van der Waals surface area contributed by atoms with Gasteiger partial charge in [-0.2, -0.15) is 0 Å². The second kappa shape index (κ2) is 13.9. The van der Waals surface area contributed by atoms with E-state index in [4.69, 9.17) is 10.8 Å². The first-order valence-corrected chi connectivity index (χ1v) is 9.28. The summed E-state index contributed by atoms with van der Waals surface area (Å²) >= 11 is 0. The lowest BCUT2D eigenvalue weighted by Crippen LogP contribution is -2.53. The molecule has 0 rings (SSSR count). The summed E-state index contributed by atoms with van der Waals surface area (Å²) in [5.74, 6) is -4.29. The van der Waals surface area contributed by atoms with Crippen LogP contribution in [-0.2, 0) is 28.8 Å². The van der Waals surface area contributed by atoms with Gasteiger partial charge in [-0.3, -0.25) is 28.8 Å². The van der Waals surface area contributed by atoms with Crippen LogP contribution in [0.4, 0.5) is 0 Å². The lowest BCUT2D eigenvalue weighted by Gasteiger charge is -2.20. The number of carbonyl (C=O) groups is 6. The quantitative estimate of drug-likeness (QED) is 0.155. The third-order valence-corrected chi connectivity index (χ3v) is 3.60. The molecule has 13 nitrogen and oxygen atoms in total. The average molecular weight is 430 g/mol. The number of carboxylic acid groups (broad SMARTS) is 1. The molecular formula is C17H30N6O7. The molecule has 2 unspecified atom stereocenters. The number of hydrogen-bond donors (Lipinski definition) is 7. The van der Waals surface area contributed by atoms with E-state index in [0.717, 1.165) is 0 Å². The summed E-state index contributed by atoms with van der Waals surface area (Å²) in [6, 6.07) is -1.86. The van der Waals surface area contributed by atoms with Crippen LogP contribution in [-0.4, -0.2) is 78.9 Å². The normalized spacial score (nSPS) is 12.3. The third-order valence-electron chi connectivity index (χ3n) is 3.60. The highest BCUT2D eigenvalue weighted by atomic mass is 16.4. The Balaban J connectivity index is 4.62. The molecule has 0 aliphatic rings. The molecule has 0 aromatic rings. The molecule has 170 valence electrons. The maximum absolute atomic E-state index is 12.3. The predicted octanol–water partition coefficient (Wildman–Crippen LogP) is -3.59. The van der Waals surface area contributed by atoms with Crippen LogP contribution in [0.25, 0.3) is 0 Å². The maximum atomic E-state index is 12.3. The molecule has 0 aliphatic heterocycles. The Kier molecular flexibility index (Phi) is 12.4. The van der Waals surface area contributed by atoms with E-state index in [9.17, 15) is 28.8 Å². The standard InChI is InChI=1S/C17H30N6O7/c1-9(2)4-11(17(30)21-6-13(25)19-8-15(27)28)23-14(26)7-20-16(29)10(3)22-12(24)5-18/h9-11H,4-8,18H2,1-3H3,(H,19,25)(H,20,29)(H,21,30)(H,22,24)(H,23,26)(H,27,28). The SMILES string of the molecule is CC(C)CC(NC(=O)CNC(=O)C(C)NC(=O)CN)C(=O)NCC(=O)NCC(=O)O. The summed E-state index contributed by atoms with van der Waals surface area (Å²) in [6.07, 6.45) is 0.269. The van der Waals surface area contributed by atoms with Gasteiger partial charge in [0.2, 0.25) is 29.5 Å². The van der Waals surface area contributed by atoms with Crippen molar-refractivity contribution in [3.05, 3.63) is 0 Å². The van der Waals surface area contributed by atoms with Crippen molar-refractivity contribution in [2.45, 2.75) is 39.3 Å². The summed E-state index contributed by atoms with van der Waals surface area (Å²) in [7, 11) is 0. The van der Waals surface area contributed by atoms with Gasteiger partial charge in [0.25, 0.3) is 0 Å². The van der Waals surface area contributed by atoms with Crippen LogP contribution in [0.3, 0.4) is 0 Å². The van der Waals surface area contributed by atoms with Gasteiger partial charge in [0.15, 0.2) is 0 Å². The van der Waals surface area contributed by atoms with Crippen molar-refractivity contribution in [1.82, 2.24) is 26.6 Å². The van der Waals surface area contributed by atoms with Crippen LogP contribution in [0.15, 0.2) is 0 Å². The van der Waals surface area contributed by atoms with Gasteiger partial charge in [-0.1, -0.05) is 13.8 Å². The Morgan fingerprint density at radius 1 is 0.767 bits per heavy atom. The van der Waals surface area contributed by atoms with Crippen LogP contribution >= 0.6 is 0 Å². The Bertz CT molecular complexity index is 653. The summed E-state index contributed by atoms with van der Waals surface area (Å²) in [5, 5.41) is 20.1.